The molecule has 0 bridgehead atoms. The number of rotatable bonds is 8. The summed E-state index contributed by atoms with van der Waals surface area (Å²) >= 11 is 0. The van der Waals surface area contributed by atoms with E-state index in [9.17, 15) is 4.39 Å². The predicted octanol–water partition coefficient (Wildman–Crippen LogP) is 5.30. The van der Waals surface area contributed by atoms with Crippen LogP contribution < -0.4 is 15.4 Å². The van der Waals surface area contributed by atoms with Crippen molar-refractivity contribution in [3.63, 3.8) is 0 Å². The molecule has 1 aliphatic rings. The first-order chi connectivity index (χ1) is 18.7. The van der Waals surface area contributed by atoms with Crippen LogP contribution in [0.25, 0.3) is 11.5 Å². The first-order valence-electron chi connectivity index (χ1n) is 12.3. The third kappa shape index (κ3) is 4.63. The number of nitrogens with zero attached hydrogens (tertiary/aromatic N) is 6. The maximum Gasteiger partial charge on any atom is 0.204 e. The van der Waals surface area contributed by atoms with Crippen LogP contribution in [-0.2, 0) is 19.4 Å². The molecule has 5 aromatic rings. The third-order valence-corrected chi connectivity index (χ3v) is 6.45. The number of nitrogens with one attached hydrogen (secondary N) is 2. The molecule has 0 radical (unpaired) electrons. The SMILES string of the molecule is COc1c(Nc2ccncc2)nc(-c2nn(Cc3ccccc3F)c3c2CCC3)nc1Nc1ccncc1. The lowest BCUT2D eigenvalue weighted by molar-refractivity contribution is 0.415. The molecule has 0 spiro atoms. The van der Waals surface area contributed by atoms with Gasteiger partial charge in [-0.15, -0.1) is 0 Å². The summed E-state index contributed by atoms with van der Waals surface area (Å²) in [6.45, 7) is 0.343. The molecule has 0 saturated carbocycles. The molecular formula is C28H25FN8O. The van der Waals surface area contributed by atoms with Gasteiger partial charge in [-0.2, -0.15) is 5.10 Å². The number of aromatic nitrogens is 6. The Labute approximate surface area is 218 Å². The van der Waals surface area contributed by atoms with Crippen molar-refractivity contribution in [1.82, 2.24) is 29.7 Å². The zero-order valence-electron chi connectivity index (χ0n) is 20.7. The summed E-state index contributed by atoms with van der Waals surface area (Å²) in [5.74, 6) is 1.62. The largest absolute Gasteiger partial charge is 0.490 e. The van der Waals surface area contributed by atoms with E-state index in [1.165, 1.54) is 6.07 Å². The minimum absolute atomic E-state index is 0.246. The number of ether oxygens (including phenoxy) is 1. The monoisotopic (exact) mass is 508 g/mol. The summed E-state index contributed by atoms with van der Waals surface area (Å²) in [6, 6.07) is 14.2. The summed E-state index contributed by atoms with van der Waals surface area (Å²) < 4.78 is 22.1. The van der Waals surface area contributed by atoms with Crippen LogP contribution in [0.4, 0.5) is 27.4 Å². The average Bonchev–Trinajstić information content (AvgIpc) is 3.55. The molecule has 0 aliphatic heterocycles. The first-order valence-corrected chi connectivity index (χ1v) is 12.3. The van der Waals surface area contributed by atoms with Crippen LogP contribution in [0.3, 0.4) is 0 Å². The number of methoxy groups -OCH3 is 1. The fourth-order valence-electron chi connectivity index (χ4n) is 4.67. The zero-order valence-corrected chi connectivity index (χ0v) is 20.7. The van der Waals surface area contributed by atoms with Crippen molar-refractivity contribution >= 4 is 23.0 Å². The van der Waals surface area contributed by atoms with Crippen LogP contribution in [0.5, 0.6) is 5.75 Å². The number of halogens is 1. The Bertz CT molecular complexity index is 1510. The van der Waals surface area contributed by atoms with Crippen molar-refractivity contribution in [2.75, 3.05) is 17.7 Å². The molecule has 2 N–H and O–H groups in total. The van der Waals surface area contributed by atoms with Crippen molar-refractivity contribution in [1.29, 1.82) is 0 Å². The maximum atomic E-state index is 14.5. The summed E-state index contributed by atoms with van der Waals surface area (Å²) in [5.41, 5.74) is 5.06. The number of pyridine rings is 2. The van der Waals surface area contributed by atoms with Gasteiger partial charge in [-0.1, -0.05) is 18.2 Å². The molecule has 0 unspecified atom stereocenters. The van der Waals surface area contributed by atoms with Gasteiger partial charge in [-0.3, -0.25) is 14.6 Å². The lowest BCUT2D eigenvalue weighted by Gasteiger charge is -2.16. The molecule has 4 aromatic heterocycles. The van der Waals surface area contributed by atoms with E-state index in [-0.39, 0.29) is 5.82 Å². The zero-order chi connectivity index (χ0) is 25.9. The fraction of sp³-hybridized carbons (Fsp3) is 0.179. The molecule has 6 rings (SSSR count). The van der Waals surface area contributed by atoms with Crippen LogP contribution in [0.1, 0.15) is 23.2 Å². The molecule has 0 saturated heterocycles. The van der Waals surface area contributed by atoms with Crippen molar-refractivity contribution < 1.29 is 9.13 Å². The fourth-order valence-corrected chi connectivity index (χ4v) is 4.67. The van der Waals surface area contributed by atoms with Gasteiger partial charge < -0.3 is 15.4 Å². The quantitative estimate of drug-likeness (QED) is 0.291. The molecule has 190 valence electrons. The number of anilines is 4. The van der Waals surface area contributed by atoms with E-state index in [2.05, 4.69) is 20.6 Å². The van der Waals surface area contributed by atoms with E-state index in [0.717, 1.165) is 41.9 Å². The molecule has 0 fully saturated rings. The van der Waals surface area contributed by atoms with E-state index in [4.69, 9.17) is 19.8 Å². The maximum absolute atomic E-state index is 14.5. The van der Waals surface area contributed by atoms with Crippen molar-refractivity contribution in [2.24, 2.45) is 0 Å². The van der Waals surface area contributed by atoms with E-state index >= 15 is 0 Å². The van der Waals surface area contributed by atoms with Gasteiger partial charge in [0, 0.05) is 53.0 Å². The van der Waals surface area contributed by atoms with E-state index in [1.807, 2.05) is 35.0 Å². The number of hydrogen-bond acceptors (Lipinski definition) is 8. The Morgan fingerprint density at radius 2 is 1.50 bits per heavy atom. The van der Waals surface area contributed by atoms with Gasteiger partial charge in [0.2, 0.25) is 5.75 Å². The highest BCUT2D eigenvalue weighted by Gasteiger charge is 2.27. The molecule has 0 atom stereocenters. The topological polar surface area (TPSA) is 103 Å². The van der Waals surface area contributed by atoms with Gasteiger partial charge >= 0.3 is 0 Å². The van der Waals surface area contributed by atoms with Gasteiger partial charge in [-0.05, 0) is 49.6 Å². The second kappa shape index (κ2) is 10.3. The van der Waals surface area contributed by atoms with Crippen molar-refractivity contribution in [3.8, 4) is 17.3 Å². The Morgan fingerprint density at radius 1 is 0.868 bits per heavy atom. The van der Waals surface area contributed by atoms with Gasteiger partial charge in [0.05, 0.1) is 13.7 Å². The summed E-state index contributed by atoms with van der Waals surface area (Å²) in [4.78, 5) is 17.9. The minimum Gasteiger partial charge on any atom is -0.490 e. The molecule has 1 aliphatic carbocycles. The predicted molar refractivity (Wildman–Crippen MR) is 142 cm³/mol. The number of benzene rings is 1. The Kier molecular flexibility index (Phi) is 6.35. The smallest absolute Gasteiger partial charge is 0.204 e. The molecule has 38 heavy (non-hydrogen) atoms. The van der Waals surface area contributed by atoms with Gasteiger partial charge in [-0.25, -0.2) is 14.4 Å². The van der Waals surface area contributed by atoms with Crippen LogP contribution >= 0.6 is 0 Å². The Hall–Kier alpha value is -4.86. The summed E-state index contributed by atoms with van der Waals surface area (Å²) in [7, 11) is 1.58. The van der Waals surface area contributed by atoms with Gasteiger partial charge in [0.25, 0.3) is 0 Å². The van der Waals surface area contributed by atoms with Crippen LogP contribution in [0, 0.1) is 5.82 Å². The molecule has 10 heteroatoms. The lowest BCUT2D eigenvalue weighted by Crippen LogP contribution is -2.08. The second-order valence-corrected chi connectivity index (χ2v) is 8.88. The normalized spacial score (nSPS) is 12.3. The summed E-state index contributed by atoms with van der Waals surface area (Å²) in [6.07, 6.45) is 9.52. The highest BCUT2D eigenvalue weighted by Crippen LogP contribution is 2.38. The second-order valence-electron chi connectivity index (χ2n) is 8.88. The van der Waals surface area contributed by atoms with Gasteiger partial charge in [0.15, 0.2) is 17.5 Å². The molecule has 0 amide bonds. The molecule has 1 aromatic carbocycles. The number of hydrogen-bond donors (Lipinski definition) is 2. The Balaban J connectivity index is 1.47. The average molecular weight is 509 g/mol. The standard InChI is InChI=1S/C28H25FN8O/c1-38-25-27(32-19-9-13-30-14-10-19)34-26(35-28(25)33-20-11-15-31-16-12-20)24-21-6-4-8-23(21)37(36-24)17-18-5-2-3-7-22(18)29/h2-3,5,7,9-16H,4,6,8,17H2,1H3,(H2,30,31,32,33,34,35). The van der Waals surface area contributed by atoms with E-state index < -0.39 is 0 Å². The number of fused-ring (bicyclic) bond motifs is 1. The summed E-state index contributed by atoms with van der Waals surface area (Å²) in [5, 5.41) is 11.6. The van der Waals surface area contributed by atoms with Crippen molar-refractivity contribution in [2.45, 2.75) is 25.8 Å². The first kappa shape index (κ1) is 23.5. The van der Waals surface area contributed by atoms with Crippen LogP contribution in [0.2, 0.25) is 0 Å². The highest BCUT2D eigenvalue weighted by atomic mass is 19.1. The third-order valence-electron chi connectivity index (χ3n) is 6.45. The molecular weight excluding hydrogens is 483 g/mol. The van der Waals surface area contributed by atoms with Crippen LogP contribution in [-0.4, -0.2) is 36.8 Å². The van der Waals surface area contributed by atoms with E-state index in [0.29, 0.717) is 41.0 Å². The van der Waals surface area contributed by atoms with Gasteiger partial charge in [0.1, 0.15) is 11.5 Å². The Morgan fingerprint density at radius 3 is 2.11 bits per heavy atom. The lowest BCUT2D eigenvalue weighted by atomic mass is 10.2. The highest BCUT2D eigenvalue weighted by molar-refractivity contribution is 5.76. The molecule has 4 heterocycles. The van der Waals surface area contributed by atoms with Crippen LogP contribution in [0.15, 0.2) is 73.3 Å². The molecule has 9 nitrogen and oxygen atoms in total. The van der Waals surface area contributed by atoms with E-state index in [1.54, 1.807) is 44.0 Å². The van der Waals surface area contributed by atoms with Crippen molar-refractivity contribution in [3.05, 3.63) is 96.0 Å². The minimum atomic E-state index is -0.246.